The molecule has 2 N–H and O–H groups in total. The fourth-order valence-electron chi connectivity index (χ4n) is 2.89. The summed E-state index contributed by atoms with van der Waals surface area (Å²) in [6.45, 7) is 3.19. The normalized spacial score (nSPS) is 16.8. The van der Waals surface area contributed by atoms with Gasteiger partial charge in [-0.1, -0.05) is 23.2 Å². The van der Waals surface area contributed by atoms with Gasteiger partial charge in [0, 0.05) is 21.4 Å². The van der Waals surface area contributed by atoms with Crippen molar-refractivity contribution >= 4 is 35.1 Å². The summed E-state index contributed by atoms with van der Waals surface area (Å²) in [6, 6.07) is 6.53. The van der Waals surface area contributed by atoms with Gasteiger partial charge in [0.1, 0.15) is 6.61 Å². The average Bonchev–Trinajstić information content (AvgIpc) is 2.52. The van der Waals surface area contributed by atoms with Gasteiger partial charge in [0.15, 0.2) is 0 Å². The number of esters is 1. The second-order valence-corrected chi connectivity index (χ2v) is 6.56. The summed E-state index contributed by atoms with van der Waals surface area (Å²) in [4.78, 5) is 24.5. The average molecular weight is 395 g/mol. The summed E-state index contributed by atoms with van der Waals surface area (Å²) in [6.07, 6.45) is 0.0415. The lowest BCUT2D eigenvalue weighted by Crippen LogP contribution is -2.32. The van der Waals surface area contributed by atoms with Crippen molar-refractivity contribution in [1.82, 2.24) is 5.32 Å². The van der Waals surface area contributed by atoms with Crippen LogP contribution in [0.4, 0.5) is 0 Å². The number of carboxylic acid groups (broad SMARTS) is 1. The molecule has 1 unspecified atom stereocenters. The quantitative estimate of drug-likeness (QED) is 0.582. The Bertz CT molecular complexity index is 848. The van der Waals surface area contributed by atoms with E-state index in [0.717, 1.165) is 0 Å². The van der Waals surface area contributed by atoms with Crippen LogP contribution in [0.2, 0.25) is 10.0 Å². The molecular weight excluding hydrogens is 379 g/mol. The number of halogens is 2. The first-order valence-corrected chi connectivity index (χ1v) is 8.43. The van der Waals surface area contributed by atoms with Crippen molar-refractivity contribution in [1.29, 1.82) is 5.26 Å². The Kier molecular flexibility index (Phi) is 6.30. The molecule has 0 aliphatic carbocycles. The Morgan fingerprint density at radius 1 is 1.19 bits per heavy atom. The van der Waals surface area contributed by atoms with E-state index in [-0.39, 0.29) is 24.2 Å². The minimum Gasteiger partial charge on any atom is -0.478 e. The Balaban J connectivity index is 2.59. The second kappa shape index (κ2) is 8.26. The highest BCUT2D eigenvalue weighted by Crippen LogP contribution is 2.40. The number of dihydropyridines is 1. The Morgan fingerprint density at radius 3 is 2.31 bits per heavy atom. The second-order valence-electron chi connectivity index (χ2n) is 5.69. The molecule has 0 spiro atoms. The predicted octanol–water partition coefficient (Wildman–Crippen LogP) is 3.77. The van der Waals surface area contributed by atoms with Crippen molar-refractivity contribution in [3.8, 4) is 6.07 Å². The summed E-state index contributed by atoms with van der Waals surface area (Å²) < 4.78 is 5.13. The number of nitrogens with zero attached hydrogens (tertiary/aromatic N) is 1. The highest BCUT2D eigenvalue weighted by atomic mass is 35.5. The van der Waals surface area contributed by atoms with Crippen LogP contribution in [0, 0.1) is 11.3 Å². The van der Waals surface area contributed by atoms with Crippen molar-refractivity contribution < 1.29 is 19.4 Å². The molecule has 1 aromatic carbocycles. The molecule has 1 aliphatic rings. The smallest absolute Gasteiger partial charge is 0.336 e. The van der Waals surface area contributed by atoms with Gasteiger partial charge in [0.2, 0.25) is 0 Å². The fourth-order valence-corrected chi connectivity index (χ4v) is 3.43. The van der Waals surface area contributed by atoms with E-state index in [4.69, 9.17) is 33.2 Å². The molecule has 6 nitrogen and oxygen atoms in total. The first kappa shape index (κ1) is 19.8. The maximum Gasteiger partial charge on any atom is 0.336 e. The molecule has 0 radical (unpaired) electrons. The van der Waals surface area contributed by atoms with Gasteiger partial charge in [-0.05, 0) is 37.6 Å². The zero-order valence-corrected chi connectivity index (χ0v) is 15.6. The maximum absolute atomic E-state index is 12.6. The summed E-state index contributed by atoms with van der Waals surface area (Å²) in [5.41, 5.74) is 1.48. The van der Waals surface area contributed by atoms with Crippen LogP contribution in [0.5, 0.6) is 0 Å². The monoisotopic (exact) mass is 394 g/mol. The van der Waals surface area contributed by atoms with Gasteiger partial charge in [-0.2, -0.15) is 5.26 Å². The van der Waals surface area contributed by atoms with Crippen molar-refractivity contribution in [2.75, 3.05) is 6.61 Å². The van der Waals surface area contributed by atoms with Crippen molar-refractivity contribution in [2.45, 2.75) is 26.2 Å². The summed E-state index contributed by atoms with van der Waals surface area (Å²) in [7, 11) is 0. The molecule has 8 heteroatoms. The highest BCUT2D eigenvalue weighted by Gasteiger charge is 2.37. The molecule has 0 saturated carbocycles. The third-order valence-electron chi connectivity index (χ3n) is 3.88. The van der Waals surface area contributed by atoms with E-state index in [2.05, 4.69) is 5.32 Å². The molecule has 0 saturated heterocycles. The van der Waals surface area contributed by atoms with E-state index in [0.29, 0.717) is 27.0 Å². The number of benzene rings is 1. The van der Waals surface area contributed by atoms with Gasteiger partial charge in [-0.3, -0.25) is 0 Å². The zero-order valence-electron chi connectivity index (χ0n) is 14.1. The molecule has 0 amide bonds. The number of rotatable bonds is 5. The van der Waals surface area contributed by atoms with Crippen LogP contribution >= 0.6 is 23.2 Å². The van der Waals surface area contributed by atoms with Gasteiger partial charge in [0.05, 0.1) is 29.6 Å². The van der Waals surface area contributed by atoms with Crippen LogP contribution < -0.4 is 5.32 Å². The number of hydrogen-bond donors (Lipinski definition) is 2. The van der Waals surface area contributed by atoms with Gasteiger partial charge in [-0.25, -0.2) is 9.59 Å². The van der Waals surface area contributed by atoms with Crippen LogP contribution in [0.1, 0.15) is 31.7 Å². The molecule has 0 bridgehead atoms. The van der Waals surface area contributed by atoms with Crippen molar-refractivity contribution in [3.63, 3.8) is 0 Å². The van der Waals surface area contributed by atoms with E-state index in [1.165, 1.54) is 6.07 Å². The molecule has 1 atom stereocenters. The van der Waals surface area contributed by atoms with Crippen LogP contribution in [-0.4, -0.2) is 23.7 Å². The third kappa shape index (κ3) is 4.18. The number of nitrogens with one attached hydrogen (secondary N) is 1. The maximum atomic E-state index is 12.6. The molecule has 0 fully saturated rings. The molecule has 1 heterocycles. The summed E-state index contributed by atoms with van der Waals surface area (Å²) >= 11 is 12.1. The van der Waals surface area contributed by atoms with Gasteiger partial charge >= 0.3 is 11.9 Å². The fraction of sp³-hybridized carbons (Fsp3) is 0.278. The standard InChI is InChI=1S/C18H16Cl2N2O4/c1-9-14(17(23)24)16(11-6-12(19)8-13(20)7-11)15(10(2)22-9)18(25)26-5-3-4-21/h6-8,16,22H,3,5H2,1-2H3,(H,23,24). The van der Waals surface area contributed by atoms with E-state index in [1.54, 1.807) is 26.0 Å². The van der Waals surface area contributed by atoms with Gasteiger partial charge < -0.3 is 15.2 Å². The van der Waals surface area contributed by atoms with Gasteiger partial charge in [0.25, 0.3) is 0 Å². The number of carbonyl (C=O) groups excluding carboxylic acids is 1. The predicted molar refractivity (Wildman–Crippen MR) is 96.6 cm³/mol. The van der Waals surface area contributed by atoms with Crippen molar-refractivity contribution in [2.24, 2.45) is 0 Å². The molecular formula is C18H16Cl2N2O4. The molecule has 26 heavy (non-hydrogen) atoms. The molecule has 1 aromatic rings. The minimum absolute atomic E-state index is 0.00108. The Morgan fingerprint density at radius 2 is 1.77 bits per heavy atom. The Hall–Kier alpha value is -2.49. The first-order valence-electron chi connectivity index (χ1n) is 7.68. The summed E-state index contributed by atoms with van der Waals surface area (Å²) in [5, 5.41) is 21.9. The van der Waals surface area contributed by atoms with Crippen molar-refractivity contribution in [3.05, 3.63) is 56.3 Å². The van der Waals surface area contributed by atoms with Gasteiger partial charge in [-0.15, -0.1) is 0 Å². The number of ether oxygens (including phenoxy) is 1. The Labute approximate surface area is 160 Å². The minimum atomic E-state index is -1.18. The van der Waals surface area contributed by atoms with Crippen LogP contribution in [0.15, 0.2) is 40.7 Å². The number of allylic oxidation sites excluding steroid dienone is 2. The lowest BCUT2D eigenvalue weighted by Gasteiger charge is -2.29. The first-order chi connectivity index (χ1) is 12.3. The zero-order chi connectivity index (χ0) is 19.4. The number of carboxylic acids is 1. The van der Waals surface area contributed by atoms with E-state index < -0.39 is 17.9 Å². The largest absolute Gasteiger partial charge is 0.478 e. The van der Waals surface area contributed by atoms with E-state index >= 15 is 0 Å². The lowest BCUT2D eigenvalue weighted by molar-refractivity contribution is -0.139. The molecule has 2 rings (SSSR count). The third-order valence-corrected chi connectivity index (χ3v) is 4.31. The van der Waals surface area contributed by atoms with Crippen LogP contribution in [0.25, 0.3) is 0 Å². The number of nitriles is 1. The number of carbonyl (C=O) groups is 2. The summed E-state index contributed by atoms with van der Waals surface area (Å²) in [5.74, 6) is -2.77. The van der Waals surface area contributed by atoms with E-state index in [9.17, 15) is 14.7 Å². The van der Waals surface area contributed by atoms with Crippen LogP contribution in [-0.2, 0) is 14.3 Å². The molecule has 0 aromatic heterocycles. The number of aliphatic carboxylic acids is 1. The highest BCUT2D eigenvalue weighted by molar-refractivity contribution is 6.34. The molecule has 136 valence electrons. The SMILES string of the molecule is CC1=C(C(=O)O)C(c2cc(Cl)cc(Cl)c2)C(C(=O)OCCC#N)=C(C)N1. The lowest BCUT2D eigenvalue weighted by atomic mass is 9.80. The van der Waals surface area contributed by atoms with Crippen LogP contribution in [0.3, 0.4) is 0 Å². The number of hydrogen-bond acceptors (Lipinski definition) is 5. The van der Waals surface area contributed by atoms with E-state index in [1.807, 2.05) is 6.07 Å². The molecule has 1 aliphatic heterocycles. The topological polar surface area (TPSA) is 99.4 Å².